The molecule has 0 amide bonds. The highest BCUT2D eigenvalue weighted by atomic mass is 35.5. The predicted molar refractivity (Wildman–Crippen MR) is 165 cm³/mol. The van der Waals surface area contributed by atoms with Crippen LogP contribution in [0.4, 0.5) is 11.4 Å². The number of nitrogens with one attached hydrogen (secondary N) is 1. The van der Waals surface area contributed by atoms with Crippen molar-refractivity contribution in [3.63, 3.8) is 0 Å². The van der Waals surface area contributed by atoms with Crippen LogP contribution in [-0.4, -0.2) is 12.8 Å². The van der Waals surface area contributed by atoms with Crippen molar-refractivity contribution < 1.29 is 9.47 Å². The summed E-state index contributed by atoms with van der Waals surface area (Å²) in [6, 6.07) is 28.7. The van der Waals surface area contributed by atoms with Crippen LogP contribution in [0.2, 0.25) is 10.0 Å². The molecule has 0 aromatic heterocycles. The summed E-state index contributed by atoms with van der Waals surface area (Å²) in [5, 5.41) is 4.95. The van der Waals surface area contributed by atoms with Gasteiger partial charge in [-0.1, -0.05) is 77.8 Å². The Bertz CT molecular complexity index is 1550. The monoisotopic (exact) mass is 568 g/mol. The third-order valence-corrected chi connectivity index (χ3v) is 8.05. The predicted octanol–water partition coefficient (Wildman–Crippen LogP) is 9.55. The molecule has 0 spiro atoms. The van der Waals surface area contributed by atoms with Crippen LogP contribution < -0.4 is 14.8 Å². The second-order valence-corrected chi connectivity index (χ2v) is 10.9. The maximum absolute atomic E-state index is 6.63. The summed E-state index contributed by atoms with van der Waals surface area (Å²) in [6.45, 7) is 2.78. The van der Waals surface area contributed by atoms with Crippen LogP contribution in [0.25, 0.3) is 0 Å². The molecule has 202 valence electrons. The van der Waals surface area contributed by atoms with Gasteiger partial charge in [-0.2, -0.15) is 0 Å². The van der Waals surface area contributed by atoms with E-state index in [1.54, 1.807) is 6.21 Å². The first-order valence-corrected chi connectivity index (χ1v) is 14.3. The Balaban J connectivity index is 1.17. The van der Waals surface area contributed by atoms with Gasteiger partial charge in [0.25, 0.3) is 0 Å². The lowest BCUT2D eigenvalue weighted by Crippen LogP contribution is -2.28. The summed E-state index contributed by atoms with van der Waals surface area (Å²) in [5.74, 6) is 2.08. The largest absolute Gasteiger partial charge is 0.490 e. The van der Waals surface area contributed by atoms with E-state index in [-0.39, 0.29) is 6.04 Å². The molecule has 4 aromatic carbocycles. The average molecular weight is 570 g/mol. The molecule has 1 aliphatic carbocycles. The second-order valence-electron chi connectivity index (χ2n) is 10.1. The topological polar surface area (TPSA) is 42.8 Å². The number of fused-ring (bicyclic) bond motifs is 3. The van der Waals surface area contributed by atoms with Gasteiger partial charge in [0.1, 0.15) is 6.61 Å². The van der Waals surface area contributed by atoms with Gasteiger partial charge >= 0.3 is 0 Å². The fraction of sp³-hybridized carbons (Fsp3) is 0.206. The smallest absolute Gasteiger partial charge is 0.180 e. The third kappa shape index (κ3) is 5.60. The summed E-state index contributed by atoms with van der Waals surface area (Å²) < 4.78 is 11.9. The molecule has 40 heavy (non-hydrogen) atoms. The number of rotatable bonds is 8. The van der Waals surface area contributed by atoms with Gasteiger partial charge in [-0.15, -0.1) is 0 Å². The van der Waals surface area contributed by atoms with E-state index in [0.29, 0.717) is 46.6 Å². The molecule has 0 radical (unpaired) electrons. The molecule has 0 unspecified atom stereocenters. The maximum Gasteiger partial charge on any atom is 0.180 e. The lowest BCUT2D eigenvalue weighted by Gasteiger charge is -2.37. The Morgan fingerprint density at radius 3 is 2.55 bits per heavy atom. The molecule has 3 atom stereocenters. The van der Waals surface area contributed by atoms with E-state index in [4.69, 9.17) is 37.7 Å². The van der Waals surface area contributed by atoms with Crippen LogP contribution in [-0.2, 0) is 6.61 Å². The zero-order valence-corrected chi connectivity index (χ0v) is 23.7. The van der Waals surface area contributed by atoms with Crippen molar-refractivity contribution >= 4 is 40.8 Å². The summed E-state index contributed by atoms with van der Waals surface area (Å²) in [7, 11) is 0. The van der Waals surface area contributed by atoms with Gasteiger partial charge in [-0.05, 0) is 84.0 Å². The number of ether oxygens (including phenoxy) is 2. The zero-order valence-electron chi connectivity index (χ0n) is 22.2. The van der Waals surface area contributed by atoms with Crippen molar-refractivity contribution in [2.45, 2.75) is 31.9 Å². The van der Waals surface area contributed by atoms with Crippen molar-refractivity contribution in [2.75, 3.05) is 11.9 Å². The third-order valence-electron chi connectivity index (χ3n) is 7.52. The van der Waals surface area contributed by atoms with E-state index in [9.17, 15) is 0 Å². The lowest BCUT2D eigenvalue weighted by atomic mass is 9.77. The highest BCUT2D eigenvalue weighted by Crippen LogP contribution is 2.49. The number of halogens is 2. The molecule has 0 saturated heterocycles. The van der Waals surface area contributed by atoms with Crippen LogP contribution in [0.5, 0.6) is 11.5 Å². The van der Waals surface area contributed by atoms with Crippen LogP contribution in [0.3, 0.4) is 0 Å². The van der Waals surface area contributed by atoms with Gasteiger partial charge in [0.2, 0.25) is 0 Å². The number of benzene rings is 4. The van der Waals surface area contributed by atoms with Gasteiger partial charge in [-0.25, -0.2) is 0 Å². The highest BCUT2D eigenvalue weighted by molar-refractivity contribution is 6.32. The molecule has 4 nitrogen and oxygen atoms in total. The number of hydrogen-bond acceptors (Lipinski definition) is 4. The number of nitrogens with zero attached hydrogens (tertiary/aromatic N) is 1. The van der Waals surface area contributed by atoms with E-state index >= 15 is 0 Å². The fourth-order valence-electron chi connectivity index (χ4n) is 5.59. The molecule has 4 aromatic rings. The van der Waals surface area contributed by atoms with E-state index < -0.39 is 0 Å². The Kier molecular flexibility index (Phi) is 7.81. The van der Waals surface area contributed by atoms with Crippen LogP contribution in [0.15, 0.2) is 102 Å². The summed E-state index contributed by atoms with van der Waals surface area (Å²) >= 11 is 12.6. The van der Waals surface area contributed by atoms with Gasteiger partial charge in [0.15, 0.2) is 11.5 Å². The molecule has 2 aliphatic rings. The van der Waals surface area contributed by atoms with Crippen molar-refractivity contribution in [1.29, 1.82) is 0 Å². The number of allylic oxidation sites excluding steroid dienone is 2. The second kappa shape index (κ2) is 11.8. The first-order chi connectivity index (χ1) is 19.6. The molecule has 1 heterocycles. The average Bonchev–Trinajstić information content (AvgIpc) is 3.47. The summed E-state index contributed by atoms with van der Waals surface area (Å²) in [6.07, 6.45) is 7.57. The van der Waals surface area contributed by atoms with Crippen LogP contribution in [0, 0.1) is 5.92 Å². The van der Waals surface area contributed by atoms with Crippen LogP contribution in [0.1, 0.15) is 47.6 Å². The SMILES string of the molecule is CCOc1cc(C=Nc2ccc([C@@H]3Nc4ccccc4[C@@H]4C=CC[C@@H]43)cc2)cc(Cl)c1OCc1ccc(Cl)cc1. The number of aliphatic imine (C=N–C) groups is 1. The number of hydrogen-bond donors (Lipinski definition) is 1. The summed E-state index contributed by atoms with van der Waals surface area (Å²) in [5.41, 5.74) is 6.59. The Morgan fingerprint density at radius 1 is 0.950 bits per heavy atom. The minimum Gasteiger partial charge on any atom is -0.490 e. The normalized spacial score (nSPS) is 19.2. The molecule has 6 heteroatoms. The van der Waals surface area contributed by atoms with Crippen molar-refractivity contribution in [3.8, 4) is 11.5 Å². The van der Waals surface area contributed by atoms with Gasteiger partial charge in [0, 0.05) is 22.8 Å². The standard InChI is InChI=1S/C34H30Cl2N2O2/c1-2-39-32-19-23(18-30(36)34(32)40-21-22-10-14-25(35)15-11-22)20-37-26-16-12-24(13-17-26)33-29-8-5-7-27(29)28-6-3-4-9-31(28)38-33/h3-7,9-20,27,29,33,38H,2,8,21H2,1H3/t27-,29-,33-/m0/s1. The molecule has 6 rings (SSSR count). The molecule has 1 aliphatic heterocycles. The highest BCUT2D eigenvalue weighted by Gasteiger charge is 2.37. The first-order valence-electron chi connectivity index (χ1n) is 13.6. The number of anilines is 1. The Morgan fingerprint density at radius 2 is 1.75 bits per heavy atom. The molecular weight excluding hydrogens is 539 g/mol. The van der Waals surface area contributed by atoms with Gasteiger partial charge in [-0.3, -0.25) is 4.99 Å². The van der Waals surface area contributed by atoms with Crippen molar-refractivity contribution in [2.24, 2.45) is 10.9 Å². The van der Waals surface area contributed by atoms with Gasteiger partial charge in [0.05, 0.1) is 23.4 Å². The lowest BCUT2D eigenvalue weighted by molar-refractivity contribution is 0.269. The summed E-state index contributed by atoms with van der Waals surface area (Å²) in [4.78, 5) is 4.71. The number of para-hydroxylation sites is 1. The van der Waals surface area contributed by atoms with Crippen molar-refractivity contribution in [3.05, 3.63) is 129 Å². The minimum atomic E-state index is 0.265. The Labute approximate surface area is 245 Å². The van der Waals surface area contributed by atoms with E-state index in [1.165, 1.54) is 16.8 Å². The van der Waals surface area contributed by atoms with Gasteiger partial charge < -0.3 is 14.8 Å². The molecule has 0 fully saturated rings. The first kappa shape index (κ1) is 26.5. The fourth-order valence-corrected chi connectivity index (χ4v) is 5.99. The van der Waals surface area contributed by atoms with E-state index in [2.05, 4.69) is 66.0 Å². The molecular formula is C34H30Cl2N2O2. The van der Waals surface area contributed by atoms with E-state index in [1.807, 2.05) is 43.3 Å². The molecule has 1 N–H and O–H groups in total. The molecule has 0 bridgehead atoms. The quantitative estimate of drug-likeness (QED) is 0.170. The Hall–Kier alpha value is -3.73. The van der Waals surface area contributed by atoms with Crippen LogP contribution >= 0.6 is 23.2 Å². The van der Waals surface area contributed by atoms with Crippen molar-refractivity contribution in [1.82, 2.24) is 0 Å². The maximum atomic E-state index is 6.63. The molecule has 0 saturated carbocycles. The van der Waals surface area contributed by atoms with E-state index in [0.717, 1.165) is 23.2 Å². The minimum absolute atomic E-state index is 0.265. The zero-order chi connectivity index (χ0) is 27.5.